The molecule has 3 rings (SSSR count). The van der Waals surface area contributed by atoms with Gasteiger partial charge < -0.3 is 5.32 Å². The van der Waals surface area contributed by atoms with E-state index in [1.54, 1.807) is 0 Å². The summed E-state index contributed by atoms with van der Waals surface area (Å²) in [5, 5.41) is 4.49. The summed E-state index contributed by atoms with van der Waals surface area (Å²) in [5.74, 6) is 1.44. The van der Waals surface area contributed by atoms with E-state index in [4.69, 9.17) is 4.98 Å². The predicted octanol–water partition coefficient (Wildman–Crippen LogP) is 2.78. The van der Waals surface area contributed by atoms with E-state index in [1.165, 1.54) is 0 Å². The SMILES string of the molecule is Cc1nc(C2CCNC2)nc2c(Br)cccc12. The Morgan fingerprint density at radius 1 is 1.35 bits per heavy atom. The van der Waals surface area contributed by atoms with Crippen molar-refractivity contribution in [1.29, 1.82) is 0 Å². The molecule has 2 aromatic rings. The summed E-state index contributed by atoms with van der Waals surface area (Å²) in [6, 6.07) is 6.14. The number of nitrogens with one attached hydrogen (secondary N) is 1. The first-order valence-corrected chi connectivity index (χ1v) is 6.68. The molecular weight excluding hydrogens is 278 g/mol. The normalized spacial score (nSPS) is 20.0. The second kappa shape index (κ2) is 4.35. The Morgan fingerprint density at radius 3 is 3.00 bits per heavy atom. The summed E-state index contributed by atoms with van der Waals surface area (Å²) in [4.78, 5) is 9.37. The fraction of sp³-hybridized carbons (Fsp3) is 0.385. The lowest BCUT2D eigenvalue weighted by Crippen LogP contribution is -2.11. The average Bonchev–Trinajstić information content (AvgIpc) is 2.84. The van der Waals surface area contributed by atoms with Crippen molar-refractivity contribution in [2.75, 3.05) is 13.1 Å². The Bertz CT molecular complexity index is 562. The topological polar surface area (TPSA) is 37.8 Å². The van der Waals surface area contributed by atoms with Crippen LogP contribution in [0.3, 0.4) is 0 Å². The van der Waals surface area contributed by atoms with Crippen molar-refractivity contribution >= 4 is 26.8 Å². The molecule has 2 heterocycles. The molecule has 88 valence electrons. The first-order valence-electron chi connectivity index (χ1n) is 5.89. The van der Waals surface area contributed by atoms with E-state index in [2.05, 4.69) is 39.2 Å². The molecule has 0 spiro atoms. The van der Waals surface area contributed by atoms with Crippen LogP contribution in [0.1, 0.15) is 23.9 Å². The minimum Gasteiger partial charge on any atom is -0.316 e. The van der Waals surface area contributed by atoms with Gasteiger partial charge in [0.05, 0.1) is 5.52 Å². The molecule has 1 N–H and O–H groups in total. The number of rotatable bonds is 1. The van der Waals surface area contributed by atoms with Crippen LogP contribution in [0.15, 0.2) is 22.7 Å². The van der Waals surface area contributed by atoms with Crippen LogP contribution in [0.4, 0.5) is 0 Å². The van der Waals surface area contributed by atoms with Crippen LogP contribution in [-0.4, -0.2) is 23.1 Å². The van der Waals surface area contributed by atoms with Crippen LogP contribution in [0.2, 0.25) is 0 Å². The van der Waals surface area contributed by atoms with Crippen LogP contribution in [0.25, 0.3) is 10.9 Å². The fourth-order valence-electron chi connectivity index (χ4n) is 2.35. The summed E-state index contributed by atoms with van der Waals surface area (Å²) in [6.07, 6.45) is 1.13. The number of hydrogen-bond acceptors (Lipinski definition) is 3. The monoisotopic (exact) mass is 291 g/mol. The summed E-state index contributed by atoms with van der Waals surface area (Å²) in [6.45, 7) is 4.12. The van der Waals surface area contributed by atoms with Crippen molar-refractivity contribution in [1.82, 2.24) is 15.3 Å². The lowest BCUT2D eigenvalue weighted by atomic mass is 10.1. The van der Waals surface area contributed by atoms with E-state index >= 15 is 0 Å². The zero-order valence-corrected chi connectivity index (χ0v) is 11.3. The van der Waals surface area contributed by atoms with Crippen molar-refractivity contribution in [3.05, 3.63) is 34.2 Å². The standard InChI is InChI=1S/C13H14BrN3/c1-8-10-3-2-4-11(14)12(10)17-13(16-8)9-5-6-15-7-9/h2-4,9,15H,5-7H2,1H3. The predicted molar refractivity (Wildman–Crippen MR) is 72.2 cm³/mol. The minimum absolute atomic E-state index is 0.463. The molecule has 1 aromatic carbocycles. The molecule has 1 aliphatic rings. The zero-order chi connectivity index (χ0) is 11.8. The van der Waals surface area contributed by atoms with E-state index in [9.17, 15) is 0 Å². The van der Waals surface area contributed by atoms with E-state index in [1.807, 2.05) is 12.1 Å². The molecule has 1 aliphatic heterocycles. The quantitative estimate of drug-likeness (QED) is 0.878. The highest BCUT2D eigenvalue weighted by atomic mass is 79.9. The van der Waals surface area contributed by atoms with E-state index < -0.39 is 0 Å². The van der Waals surface area contributed by atoms with Crippen molar-refractivity contribution in [3.8, 4) is 0 Å². The van der Waals surface area contributed by atoms with E-state index in [-0.39, 0.29) is 0 Å². The number of nitrogens with zero attached hydrogens (tertiary/aromatic N) is 2. The first-order chi connectivity index (χ1) is 8.25. The van der Waals surface area contributed by atoms with Crippen molar-refractivity contribution < 1.29 is 0 Å². The molecule has 17 heavy (non-hydrogen) atoms. The van der Waals surface area contributed by atoms with Crippen molar-refractivity contribution in [2.24, 2.45) is 0 Å². The molecule has 0 aliphatic carbocycles. The van der Waals surface area contributed by atoms with Crippen LogP contribution in [0.5, 0.6) is 0 Å². The smallest absolute Gasteiger partial charge is 0.133 e. The van der Waals surface area contributed by atoms with Gasteiger partial charge in [0.2, 0.25) is 0 Å². The summed E-state index contributed by atoms with van der Waals surface area (Å²) < 4.78 is 1.05. The van der Waals surface area contributed by atoms with Gasteiger partial charge >= 0.3 is 0 Å². The lowest BCUT2D eigenvalue weighted by Gasteiger charge is -2.10. The second-order valence-corrected chi connectivity index (χ2v) is 5.35. The van der Waals surface area contributed by atoms with Crippen molar-refractivity contribution in [3.63, 3.8) is 0 Å². The van der Waals surface area contributed by atoms with Gasteiger partial charge in [0.1, 0.15) is 5.82 Å². The maximum absolute atomic E-state index is 4.72. The molecule has 1 unspecified atom stereocenters. The van der Waals surface area contributed by atoms with Gasteiger partial charge in [0.15, 0.2) is 0 Å². The Morgan fingerprint density at radius 2 is 2.24 bits per heavy atom. The number of aryl methyl sites for hydroxylation is 1. The van der Waals surface area contributed by atoms with Crippen LogP contribution in [0, 0.1) is 6.92 Å². The van der Waals surface area contributed by atoms with Gasteiger partial charge in [-0.15, -0.1) is 0 Å². The Balaban J connectivity index is 2.18. The van der Waals surface area contributed by atoms with Gasteiger partial charge in [0, 0.05) is 28.0 Å². The third kappa shape index (κ3) is 1.96. The van der Waals surface area contributed by atoms with Crippen LogP contribution in [-0.2, 0) is 0 Å². The minimum atomic E-state index is 0.463. The van der Waals surface area contributed by atoms with Crippen LogP contribution >= 0.6 is 15.9 Å². The van der Waals surface area contributed by atoms with Gasteiger partial charge in [-0.2, -0.15) is 0 Å². The Labute approximate surface area is 109 Å². The third-order valence-electron chi connectivity index (χ3n) is 3.31. The first kappa shape index (κ1) is 11.1. The third-order valence-corrected chi connectivity index (χ3v) is 3.95. The average molecular weight is 292 g/mol. The maximum Gasteiger partial charge on any atom is 0.133 e. The van der Waals surface area contributed by atoms with Gasteiger partial charge in [-0.05, 0) is 41.9 Å². The fourth-order valence-corrected chi connectivity index (χ4v) is 2.80. The van der Waals surface area contributed by atoms with E-state index in [0.29, 0.717) is 5.92 Å². The summed E-state index contributed by atoms with van der Waals surface area (Å²) >= 11 is 3.57. The number of fused-ring (bicyclic) bond motifs is 1. The lowest BCUT2D eigenvalue weighted by molar-refractivity contribution is 0.703. The molecule has 3 nitrogen and oxygen atoms in total. The van der Waals surface area contributed by atoms with Gasteiger partial charge in [-0.25, -0.2) is 9.97 Å². The molecule has 0 bridgehead atoms. The Hall–Kier alpha value is -1.00. The molecule has 1 saturated heterocycles. The van der Waals surface area contributed by atoms with Crippen molar-refractivity contribution in [2.45, 2.75) is 19.3 Å². The van der Waals surface area contributed by atoms with Gasteiger partial charge in [0.25, 0.3) is 0 Å². The summed E-state index contributed by atoms with van der Waals surface area (Å²) in [7, 11) is 0. The number of halogens is 1. The molecule has 1 atom stereocenters. The van der Waals surface area contributed by atoms with Gasteiger partial charge in [-0.3, -0.25) is 0 Å². The number of hydrogen-bond donors (Lipinski definition) is 1. The Kier molecular flexibility index (Phi) is 2.84. The molecular formula is C13H14BrN3. The molecule has 1 fully saturated rings. The highest BCUT2D eigenvalue weighted by molar-refractivity contribution is 9.10. The number of benzene rings is 1. The largest absolute Gasteiger partial charge is 0.316 e. The molecule has 1 aromatic heterocycles. The molecule has 0 saturated carbocycles. The number of aromatic nitrogens is 2. The molecule has 4 heteroatoms. The number of para-hydroxylation sites is 1. The van der Waals surface area contributed by atoms with Crippen LogP contribution < -0.4 is 5.32 Å². The van der Waals surface area contributed by atoms with Gasteiger partial charge in [-0.1, -0.05) is 12.1 Å². The highest BCUT2D eigenvalue weighted by Crippen LogP contribution is 2.27. The second-order valence-electron chi connectivity index (χ2n) is 4.49. The van der Waals surface area contributed by atoms with E-state index in [0.717, 1.165) is 46.4 Å². The zero-order valence-electron chi connectivity index (χ0n) is 9.70. The molecule has 0 amide bonds. The molecule has 0 radical (unpaired) electrons. The highest BCUT2D eigenvalue weighted by Gasteiger charge is 2.20. The maximum atomic E-state index is 4.72. The summed E-state index contributed by atoms with van der Waals surface area (Å²) in [5.41, 5.74) is 2.10.